The van der Waals surface area contributed by atoms with Crippen molar-refractivity contribution >= 4 is 26.6 Å². The van der Waals surface area contributed by atoms with E-state index in [0.717, 1.165) is 0 Å². The summed E-state index contributed by atoms with van der Waals surface area (Å²) >= 11 is 3.15. The van der Waals surface area contributed by atoms with Gasteiger partial charge in [-0.3, -0.25) is 0 Å². The maximum atomic E-state index is 10.3. The smallest absolute Gasteiger partial charge is 0.144 e. The number of hydrogen-bond donors (Lipinski definition) is 1. The van der Waals surface area contributed by atoms with Crippen molar-refractivity contribution < 1.29 is 8.42 Å². The molecule has 0 aliphatic rings. The molecule has 0 amide bonds. The number of hydrogen-bond acceptors (Lipinski definition) is 3. The van der Waals surface area contributed by atoms with Crippen molar-refractivity contribution in [2.24, 2.45) is 0 Å². The Kier molecular flexibility index (Phi) is 3.02. The van der Waals surface area contributed by atoms with Gasteiger partial charge in [-0.15, -0.1) is 0 Å². The van der Waals surface area contributed by atoms with Gasteiger partial charge in [0.25, 0.3) is 0 Å². The first-order chi connectivity index (χ1) is 5.18. The van der Waals surface area contributed by atoms with Crippen molar-refractivity contribution in [3.63, 3.8) is 0 Å². The highest BCUT2D eigenvalue weighted by Crippen LogP contribution is 2.06. The molecule has 1 heterocycles. The van der Waals surface area contributed by atoms with Crippen LogP contribution in [0.4, 0.5) is 0 Å². The highest BCUT2D eigenvalue weighted by molar-refractivity contribution is 9.10. The fourth-order valence-corrected chi connectivity index (χ4v) is 1.37. The molecule has 0 aromatic carbocycles. The quantitative estimate of drug-likeness (QED) is 0.614. The molecule has 11 heavy (non-hydrogen) atoms. The highest BCUT2D eigenvalue weighted by atomic mass is 79.9. The van der Waals surface area contributed by atoms with E-state index in [2.05, 4.69) is 20.9 Å². The van der Waals surface area contributed by atoms with Gasteiger partial charge in [0.1, 0.15) is 15.3 Å². The minimum atomic E-state index is -2.34. The van der Waals surface area contributed by atoms with E-state index in [4.69, 9.17) is 0 Å². The lowest BCUT2D eigenvalue weighted by molar-refractivity contribution is 0.614. The maximum Gasteiger partial charge on any atom is 0.144 e. The predicted molar refractivity (Wildman–Crippen MR) is 46.0 cm³/mol. The van der Waals surface area contributed by atoms with Crippen molar-refractivity contribution in [1.29, 1.82) is 0 Å². The number of thiol groups is 1. The van der Waals surface area contributed by atoms with E-state index >= 15 is 0 Å². The maximum absolute atomic E-state index is 10.3. The standard InChI is InChI=1S/C6H6BrNO2S/c7-6-2-1-5(3-8-6)4-11(9)10/h1-3,11H,4H2. The molecule has 0 atom stereocenters. The molecule has 1 rings (SSSR count). The molecular formula is C6H6BrNO2S. The summed E-state index contributed by atoms with van der Waals surface area (Å²) in [7, 11) is -2.34. The molecule has 60 valence electrons. The van der Waals surface area contributed by atoms with Crippen LogP contribution in [-0.2, 0) is 16.5 Å². The summed E-state index contributed by atoms with van der Waals surface area (Å²) in [6.45, 7) is 0. The van der Waals surface area contributed by atoms with Crippen molar-refractivity contribution in [2.75, 3.05) is 0 Å². The van der Waals surface area contributed by atoms with Gasteiger partial charge in [0, 0.05) is 6.20 Å². The van der Waals surface area contributed by atoms with Gasteiger partial charge >= 0.3 is 0 Å². The first-order valence-corrected chi connectivity index (χ1v) is 5.06. The molecular weight excluding hydrogens is 230 g/mol. The van der Waals surface area contributed by atoms with E-state index < -0.39 is 10.7 Å². The minimum absolute atomic E-state index is 0.0651. The van der Waals surface area contributed by atoms with E-state index in [9.17, 15) is 8.42 Å². The Balaban J connectivity index is 2.82. The molecule has 0 radical (unpaired) electrons. The summed E-state index contributed by atoms with van der Waals surface area (Å²) in [4.78, 5) is 3.88. The Morgan fingerprint density at radius 2 is 2.18 bits per heavy atom. The molecule has 0 unspecified atom stereocenters. The van der Waals surface area contributed by atoms with Crippen LogP contribution in [0, 0.1) is 0 Å². The zero-order valence-electron chi connectivity index (χ0n) is 5.53. The highest BCUT2D eigenvalue weighted by Gasteiger charge is 1.93. The van der Waals surface area contributed by atoms with Crippen molar-refractivity contribution in [2.45, 2.75) is 5.75 Å². The van der Waals surface area contributed by atoms with Crippen LogP contribution in [0.1, 0.15) is 5.56 Å². The lowest BCUT2D eigenvalue weighted by Crippen LogP contribution is -1.87. The number of rotatable bonds is 2. The SMILES string of the molecule is O=[SH](=O)Cc1ccc(Br)nc1. The molecule has 1 aromatic heterocycles. The monoisotopic (exact) mass is 235 g/mol. The summed E-state index contributed by atoms with van der Waals surface area (Å²) < 4.78 is 21.2. The number of halogens is 1. The molecule has 0 saturated heterocycles. The van der Waals surface area contributed by atoms with Gasteiger partial charge in [-0.05, 0) is 27.6 Å². The third-order valence-electron chi connectivity index (χ3n) is 1.10. The van der Waals surface area contributed by atoms with Crippen molar-refractivity contribution in [3.05, 3.63) is 28.5 Å². The van der Waals surface area contributed by atoms with Gasteiger partial charge < -0.3 is 0 Å². The lowest BCUT2D eigenvalue weighted by atomic mass is 10.3. The summed E-state index contributed by atoms with van der Waals surface area (Å²) in [6.07, 6.45) is 1.54. The second-order valence-corrected chi connectivity index (χ2v) is 3.77. The number of pyridine rings is 1. The Labute approximate surface area is 74.5 Å². The van der Waals surface area contributed by atoms with Gasteiger partial charge in [0.2, 0.25) is 0 Å². The Morgan fingerprint density at radius 3 is 2.64 bits per heavy atom. The largest absolute Gasteiger partial charge is 0.249 e. The third kappa shape index (κ3) is 2.98. The molecule has 0 aliphatic heterocycles. The van der Waals surface area contributed by atoms with Gasteiger partial charge in [0.15, 0.2) is 0 Å². The normalized spacial score (nSPS) is 10.4. The van der Waals surface area contributed by atoms with Gasteiger partial charge in [-0.25, -0.2) is 13.4 Å². The van der Waals surface area contributed by atoms with Crippen LogP contribution in [-0.4, -0.2) is 13.4 Å². The summed E-state index contributed by atoms with van der Waals surface area (Å²) in [5.41, 5.74) is 0.712. The Morgan fingerprint density at radius 1 is 1.45 bits per heavy atom. The summed E-state index contributed by atoms with van der Waals surface area (Å²) in [5.74, 6) is 0.0651. The van der Waals surface area contributed by atoms with Crippen LogP contribution in [0.15, 0.2) is 22.9 Å². The molecule has 0 aliphatic carbocycles. The predicted octanol–water partition coefficient (Wildman–Crippen LogP) is 0.956. The van der Waals surface area contributed by atoms with Gasteiger partial charge in [-0.2, -0.15) is 0 Å². The van der Waals surface area contributed by atoms with Crippen LogP contribution in [0.5, 0.6) is 0 Å². The fraction of sp³-hybridized carbons (Fsp3) is 0.167. The molecule has 0 bridgehead atoms. The summed E-state index contributed by atoms with van der Waals surface area (Å²) in [5, 5.41) is 0. The first-order valence-electron chi connectivity index (χ1n) is 2.91. The topological polar surface area (TPSA) is 47.0 Å². The minimum Gasteiger partial charge on any atom is -0.249 e. The molecule has 0 saturated carbocycles. The number of nitrogens with zero attached hydrogens (tertiary/aromatic N) is 1. The third-order valence-corrected chi connectivity index (χ3v) is 2.19. The second-order valence-electron chi connectivity index (χ2n) is 1.98. The average molecular weight is 236 g/mol. The summed E-state index contributed by atoms with van der Waals surface area (Å²) in [6, 6.07) is 3.44. The van der Waals surface area contributed by atoms with Crippen LogP contribution in [0.25, 0.3) is 0 Å². The van der Waals surface area contributed by atoms with Crippen molar-refractivity contribution in [3.8, 4) is 0 Å². The van der Waals surface area contributed by atoms with Crippen LogP contribution in [0.2, 0.25) is 0 Å². The van der Waals surface area contributed by atoms with Crippen LogP contribution in [0.3, 0.4) is 0 Å². The second kappa shape index (κ2) is 3.82. The lowest BCUT2D eigenvalue weighted by Gasteiger charge is -1.92. The zero-order valence-corrected chi connectivity index (χ0v) is 8.01. The van der Waals surface area contributed by atoms with E-state index in [-0.39, 0.29) is 5.75 Å². The first kappa shape index (κ1) is 8.67. The zero-order chi connectivity index (χ0) is 8.27. The van der Waals surface area contributed by atoms with Gasteiger partial charge in [0.05, 0.1) is 5.75 Å². The molecule has 0 spiro atoms. The van der Waals surface area contributed by atoms with E-state index in [1.165, 1.54) is 6.20 Å². The Hall–Kier alpha value is -0.420. The molecule has 5 heteroatoms. The average Bonchev–Trinajstić information content (AvgIpc) is 1.93. The Bertz CT molecular complexity index is 299. The van der Waals surface area contributed by atoms with Crippen LogP contribution >= 0.6 is 15.9 Å². The molecule has 0 fully saturated rings. The van der Waals surface area contributed by atoms with E-state index in [1.807, 2.05) is 0 Å². The molecule has 1 aromatic rings. The fourth-order valence-electron chi connectivity index (χ4n) is 0.649. The number of aromatic nitrogens is 1. The van der Waals surface area contributed by atoms with E-state index in [1.54, 1.807) is 12.1 Å². The van der Waals surface area contributed by atoms with Crippen molar-refractivity contribution in [1.82, 2.24) is 4.98 Å². The van der Waals surface area contributed by atoms with E-state index in [0.29, 0.717) is 10.2 Å². The molecule has 0 N–H and O–H groups in total. The van der Waals surface area contributed by atoms with Crippen LogP contribution < -0.4 is 0 Å². The molecule has 3 nitrogen and oxygen atoms in total. The van der Waals surface area contributed by atoms with Gasteiger partial charge in [-0.1, -0.05) is 6.07 Å².